The van der Waals surface area contributed by atoms with Gasteiger partial charge < -0.3 is 5.32 Å². The Kier molecular flexibility index (Phi) is 3.29. The number of rotatable bonds is 2. The maximum atomic E-state index is 3.66. The van der Waals surface area contributed by atoms with Gasteiger partial charge in [-0.15, -0.1) is 0 Å². The van der Waals surface area contributed by atoms with Gasteiger partial charge in [-0.3, -0.25) is 0 Å². The number of benzene rings is 2. The van der Waals surface area contributed by atoms with Gasteiger partial charge in [0.2, 0.25) is 0 Å². The third-order valence-electron chi connectivity index (χ3n) is 3.54. The van der Waals surface area contributed by atoms with Gasteiger partial charge in [0.15, 0.2) is 0 Å². The Balaban J connectivity index is 1.86. The van der Waals surface area contributed by atoms with Crippen LogP contribution in [0.3, 0.4) is 0 Å². The molecule has 3 rings (SSSR count). The Hall–Kier alpha value is -1.03. The SMILES string of the molecule is Cc1ccc2c(c1)C(Nc1cccc(I)c1)CC2. The van der Waals surface area contributed by atoms with Crippen molar-refractivity contribution in [3.8, 4) is 0 Å². The highest BCUT2D eigenvalue weighted by Gasteiger charge is 2.22. The number of hydrogen-bond donors (Lipinski definition) is 1. The van der Waals surface area contributed by atoms with Gasteiger partial charge in [0.05, 0.1) is 6.04 Å². The van der Waals surface area contributed by atoms with Gasteiger partial charge in [-0.2, -0.15) is 0 Å². The van der Waals surface area contributed by atoms with Gasteiger partial charge in [-0.05, 0) is 71.7 Å². The Bertz CT molecular complexity index is 577. The fourth-order valence-corrected chi connectivity index (χ4v) is 3.19. The maximum Gasteiger partial charge on any atom is 0.0519 e. The van der Waals surface area contributed by atoms with Crippen LogP contribution < -0.4 is 5.32 Å². The zero-order valence-electron chi connectivity index (χ0n) is 10.4. The topological polar surface area (TPSA) is 12.0 Å². The van der Waals surface area contributed by atoms with Crippen molar-refractivity contribution < 1.29 is 0 Å². The van der Waals surface area contributed by atoms with E-state index in [1.165, 1.54) is 38.8 Å². The molecule has 0 fully saturated rings. The molecule has 92 valence electrons. The van der Waals surface area contributed by atoms with Crippen molar-refractivity contribution in [1.82, 2.24) is 0 Å². The van der Waals surface area contributed by atoms with Gasteiger partial charge in [-0.25, -0.2) is 0 Å². The third-order valence-corrected chi connectivity index (χ3v) is 4.22. The van der Waals surface area contributed by atoms with Crippen LogP contribution in [0, 0.1) is 10.5 Å². The molecule has 0 bridgehead atoms. The first kappa shape index (κ1) is 12.0. The molecule has 1 N–H and O–H groups in total. The van der Waals surface area contributed by atoms with Crippen LogP contribution in [0.25, 0.3) is 0 Å². The Morgan fingerprint density at radius 2 is 2.06 bits per heavy atom. The van der Waals surface area contributed by atoms with Crippen molar-refractivity contribution in [2.24, 2.45) is 0 Å². The van der Waals surface area contributed by atoms with Crippen LogP contribution in [-0.2, 0) is 6.42 Å². The molecule has 2 aromatic carbocycles. The highest BCUT2D eigenvalue weighted by Crippen LogP contribution is 2.34. The lowest BCUT2D eigenvalue weighted by Crippen LogP contribution is -2.07. The molecule has 18 heavy (non-hydrogen) atoms. The molecule has 0 spiro atoms. The lowest BCUT2D eigenvalue weighted by Gasteiger charge is -2.16. The van der Waals surface area contributed by atoms with E-state index in [0.29, 0.717) is 6.04 Å². The number of fused-ring (bicyclic) bond motifs is 1. The minimum absolute atomic E-state index is 0.470. The highest BCUT2D eigenvalue weighted by molar-refractivity contribution is 14.1. The molecule has 0 radical (unpaired) electrons. The summed E-state index contributed by atoms with van der Waals surface area (Å²) in [7, 11) is 0. The second kappa shape index (κ2) is 4.92. The number of nitrogens with one attached hydrogen (secondary N) is 1. The molecule has 0 saturated heterocycles. The van der Waals surface area contributed by atoms with E-state index < -0.39 is 0 Å². The first-order valence-corrected chi connectivity index (χ1v) is 7.42. The molecule has 1 aliphatic rings. The molecular weight excluding hydrogens is 333 g/mol. The number of anilines is 1. The molecule has 2 heteroatoms. The second-order valence-corrected chi connectivity index (χ2v) is 6.19. The van der Waals surface area contributed by atoms with E-state index in [0.717, 1.165) is 0 Å². The molecule has 0 saturated carbocycles. The molecule has 1 unspecified atom stereocenters. The molecule has 0 aromatic heterocycles. The summed E-state index contributed by atoms with van der Waals surface area (Å²) in [6.45, 7) is 2.17. The molecule has 0 amide bonds. The second-order valence-electron chi connectivity index (χ2n) is 4.95. The van der Waals surface area contributed by atoms with E-state index in [1.807, 2.05) is 0 Å². The predicted octanol–water partition coefficient (Wildman–Crippen LogP) is 4.70. The minimum atomic E-state index is 0.470. The minimum Gasteiger partial charge on any atom is -0.378 e. The standard InChI is InChI=1S/C16H16IN/c1-11-5-6-12-7-8-16(15(12)9-11)18-14-4-2-3-13(17)10-14/h2-6,9-10,16,18H,7-8H2,1H3. The van der Waals surface area contributed by atoms with Crippen molar-refractivity contribution in [2.45, 2.75) is 25.8 Å². The Morgan fingerprint density at radius 1 is 1.17 bits per heavy atom. The maximum absolute atomic E-state index is 3.66. The van der Waals surface area contributed by atoms with E-state index in [4.69, 9.17) is 0 Å². The molecule has 1 atom stereocenters. The quantitative estimate of drug-likeness (QED) is 0.775. The van der Waals surface area contributed by atoms with Gasteiger partial charge >= 0.3 is 0 Å². The average Bonchev–Trinajstić information content (AvgIpc) is 2.72. The summed E-state index contributed by atoms with van der Waals surface area (Å²) >= 11 is 2.36. The van der Waals surface area contributed by atoms with Gasteiger partial charge in [0.25, 0.3) is 0 Å². The lowest BCUT2D eigenvalue weighted by molar-refractivity contribution is 0.762. The van der Waals surface area contributed by atoms with Crippen LogP contribution in [0.1, 0.15) is 29.2 Å². The molecule has 2 aromatic rings. The fraction of sp³-hybridized carbons (Fsp3) is 0.250. The Morgan fingerprint density at radius 3 is 2.89 bits per heavy atom. The summed E-state index contributed by atoms with van der Waals surface area (Å²) in [6.07, 6.45) is 2.39. The van der Waals surface area contributed by atoms with Crippen LogP contribution in [-0.4, -0.2) is 0 Å². The zero-order valence-corrected chi connectivity index (χ0v) is 12.6. The van der Waals surface area contributed by atoms with Gasteiger partial charge in [0.1, 0.15) is 0 Å². The monoisotopic (exact) mass is 349 g/mol. The van der Waals surface area contributed by atoms with E-state index in [2.05, 4.69) is 77.3 Å². The van der Waals surface area contributed by atoms with Crippen LogP contribution >= 0.6 is 22.6 Å². The van der Waals surface area contributed by atoms with E-state index >= 15 is 0 Å². The summed E-state index contributed by atoms with van der Waals surface area (Å²) in [5.74, 6) is 0. The van der Waals surface area contributed by atoms with Crippen LogP contribution in [0.4, 0.5) is 5.69 Å². The summed E-state index contributed by atoms with van der Waals surface area (Å²) < 4.78 is 1.28. The van der Waals surface area contributed by atoms with Crippen molar-refractivity contribution in [3.63, 3.8) is 0 Å². The summed E-state index contributed by atoms with van der Waals surface area (Å²) in [5.41, 5.74) is 5.56. The van der Waals surface area contributed by atoms with E-state index in [9.17, 15) is 0 Å². The van der Waals surface area contributed by atoms with Crippen molar-refractivity contribution in [2.75, 3.05) is 5.32 Å². The summed E-state index contributed by atoms with van der Waals surface area (Å²) in [4.78, 5) is 0. The Labute approximate surface area is 122 Å². The smallest absolute Gasteiger partial charge is 0.0519 e. The fourth-order valence-electron chi connectivity index (χ4n) is 2.65. The summed E-state index contributed by atoms with van der Waals surface area (Å²) in [6, 6.07) is 15.9. The van der Waals surface area contributed by atoms with E-state index in [-0.39, 0.29) is 0 Å². The molecule has 1 nitrogen and oxygen atoms in total. The molecule has 0 aliphatic heterocycles. The number of hydrogen-bond acceptors (Lipinski definition) is 1. The first-order valence-electron chi connectivity index (χ1n) is 6.34. The predicted molar refractivity (Wildman–Crippen MR) is 85.0 cm³/mol. The van der Waals surface area contributed by atoms with Crippen molar-refractivity contribution >= 4 is 28.3 Å². The number of halogens is 1. The molecular formula is C16H16IN. The van der Waals surface area contributed by atoms with Crippen LogP contribution in [0.5, 0.6) is 0 Å². The normalized spacial score (nSPS) is 17.6. The van der Waals surface area contributed by atoms with Gasteiger partial charge in [0, 0.05) is 9.26 Å². The first-order chi connectivity index (χ1) is 8.72. The van der Waals surface area contributed by atoms with E-state index in [1.54, 1.807) is 0 Å². The number of aryl methyl sites for hydroxylation is 2. The largest absolute Gasteiger partial charge is 0.378 e. The summed E-state index contributed by atoms with van der Waals surface area (Å²) in [5, 5.41) is 3.66. The van der Waals surface area contributed by atoms with Crippen LogP contribution in [0.2, 0.25) is 0 Å². The highest BCUT2D eigenvalue weighted by atomic mass is 127. The zero-order chi connectivity index (χ0) is 12.5. The van der Waals surface area contributed by atoms with Crippen molar-refractivity contribution in [3.05, 3.63) is 62.7 Å². The third kappa shape index (κ3) is 2.39. The molecule has 0 heterocycles. The average molecular weight is 349 g/mol. The van der Waals surface area contributed by atoms with Crippen LogP contribution in [0.15, 0.2) is 42.5 Å². The lowest BCUT2D eigenvalue weighted by atomic mass is 10.0. The van der Waals surface area contributed by atoms with Gasteiger partial charge in [-0.1, -0.05) is 29.8 Å². The molecule has 1 aliphatic carbocycles. The van der Waals surface area contributed by atoms with Crippen molar-refractivity contribution in [1.29, 1.82) is 0 Å².